The molecule has 0 aliphatic carbocycles. The zero-order valence-corrected chi connectivity index (χ0v) is 22.2. The van der Waals surface area contributed by atoms with Crippen LogP contribution in [0.5, 0.6) is 5.75 Å². The molecule has 1 aliphatic heterocycles. The molecule has 0 N–H and O–H groups in total. The SMILES string of the molecule is CC(C)CC(C(=O)N(C)C#N)c1c(OC2CCCN2C(=O)OC(C)(C)C)cccc1-c1ccccc1. The third-order valence-electron chi connectivity index (χ3n) is 6.07. The molecule has 36 heavy (non-hydrogen) atoms. The van der Waals surface area contributed by atoms with Crippen molar-refractivity contribution >= 4 is 12.0 Å². The number of nitrogens with zero attached hydrogens (tertiary/aromatic N) is 3. The third kappa shape index (κ3) is 6.57. The van der Waals surface area contributed by atoms with Crippen molar-refractivity contribution in [2.75, 3.05) is 13.6 Å². The number of hydrogen-bond acceptors (Lipinski definition) is 5. The maximum atomic E-state index is 13.5. The zero-order valence-electron chi connectivity index (χ0n) is 22.2. The molecular weight excluding hydrogens is 454 g/mol. The molecular formula is C29H37N3O4. The molecule has 0 radical (unpaired) electrons. The summed E-state index contributed by atoms with van der Waals surface area (Å²) in [6, 6.07) is 15.6. The molecule has 0 spiro atoms. The van der Waals surface area contributed by atoms with Gasteiger partial charge in [0.2, 0.25) is 5.91 Å². The predicted octanol–water partition coefficient (Wildman–Crippen LogP) is 6.16. The lowest BCUT2D eigenvalue weighted by molar-refractivity contribution is -0.129. The molecule has 1 saturated heterocycles. The van der Waals surface area contributed by atoms with Crippen LogP contribution in [-0.2, 0) is 9.53 Å². The van der Waals surface area contributed by atoms with E-state index in [0.717, 1.165) is 28.0 Å². The minimum absolute atomic E-state index is 0.201. The van der Waals surface area contributed by atoms with Crippen LogP contribution in [0, 0.1) is 17.4 Å². The van der Waals surface area contributed by atoms with Gasteiger partial charge in [0.1, 0.15) is 11.4 Å². The summed E-state index contributed by atoms with van der Waals surface area (Å²) in [4.78, 5) is 29.1. The zero-order chi connectivity index (χ0) is 26.5. The highest BCUT2D eigenvalue weighted by Gasteiger charge is 2.36. The van der Waals surface area contributed by atoms with Crippen molar-refractivity contribution in [3.05, 3.63) is 54.1 Å². The molecule has 1 heterocycles. The van der Waals surface area contributed by atoms with Crippen LogP contribution in [0.3, 0.4) is 0 Å². The highest BCUT2D eigenvalue weighted by atomic mass is 16.6. The average Bonchev–Trinajstić information content (AvgIpc) is 3.29. The normalized spacial score (nSPS) is 16.4. The van der Waals surface area contributed by atoms with Gasteiger partial charge >= 0.3 is 6.09 Å². The summed E-state index contributed by atoms with van der Waals surface area (Å²) in [7, 11) is 1.49. The van der Waals surface area contributed by atoms with Gasteiger partial charge in [-0.05, 0) is 56.7 Å². The van der Waals surface area contributed by atoms with E-state index in [0.29, 0.717) is 25.1 Å². The third-order valence-corrected chi connectivity index (χ3v) is 6.07. The molecule has 2 atom stereocenters. The van der Waals surface area contributed by atoms with E-state index in [9.17, 15) is 14.9 Å². The lowest BCUT2D eigenvalue weighted by Gasteiger charge is -2.31. The predicted molar refractivity (Wildman–Crippen MR) is 139 cm³/mol. The number of carbonyl (C=O) groups excluding carboxylic acids is 2. The summed E-state index contributed by atoms with van der Waals surface area (Å²) in [5, 5.41) is 9.47. The molecule has 2 unspecified atom stereocenters. The van der Waals surface area contributed by atoms with Crippen LogP contribution in [0.2, 0.25) is 0 Å². The summed E-state index contributed by atoms with van der Waals surface area (Å²) in [5.41, 5.74) is 1.95. The number of benzene rings is 2. The van der Waals surface area contributed by atoms with E-state index < -0.39 is 23.8 Å². The van der Waals surface area contributed by atoms with Gasteiger partial charge in [-0.25, -0.2) is 4.79 Å². The number of nitriles is 1. The van der Waals surface area contributed by atoms with Crippen molar-refractivity contribution in [2.24, 2.45) is 5.92 Å². The lowest BCUT2D eigenvalue weighted by Crippen LogP contribution is -2.42. The standard InChI is InChI=1S/C29H37N3O4/c1-20(2)18-23(27(33)31(6)19-30)26-22(21-12-8-7-9-13-21)14-10-15-24(26)35-25-16-11-17-32(25)28(34)36-29(3,4)5/h7-10,12-15,20,23,25H,11,16-18H2,1-6H3. The van der Waals surface area contributed by atoms with Crippen molar-refractivity contribution < 1.29 is 19.1 Å². The Morgan fingerprint density at radius 2 is 1.83 bits per heavy atom. The van der Waals surface area contributed by atoms with Crippen molar-refractivity contribution in [1.82, 2.24) is 9.80 Å². The van der Waals surface area contributed by atoms with Gasteiger partial charge in [0, 0.05) is 25.6 Å². The molecule has 1 fully saturated rings. The number of carbonyl (C=O) groups is 2. The number of hydrogen-bond donors (Lipinski definition) is 0. The minimum atomic E-state index is -0.612. The maximum Gasteiger partial charge on any atom is 0.413 e. The van der Waals surface area contributed by atoms with Crippen molar-refractivity contribution in [2.45, 2.75) is 71.6 Å². The molecule has 192 valence electrons. The van der Waals surface area contributed by atoms with E-state index in [1.54, 1.807) is 4.90 Å². The maximum absolute atomic E-state index is 13.5. The van der Waals surface area contributed by atoms with Crippen LogP contribution in [0.15, 0.2) is 48.5 Å². The first-order valence-electron chi connectivity index (χ1n) is 12.5. The smallest absolute Gasteiger partial charge is 0.413 e. The molecule has 7 nitrogen and oxygen atoms in total. The Kier molecular flexibility index (Phi) is 8.62. The fourth-order valence-electron chi connectivity index (χ4n) is 4.51. The number of ether oxygens (including phenoxy) is 2. The van der Waals surface area contributed by atoms with E-state index in [4.69, 9.17) is 9.47 Å². The Labute approximate surface area is 214 Å². The van der Waals surface area contributed by atoms with Gasteiger partial charge in [-0.3, -0.25) is 14.6 Å². The number of likely N-dealkylation sites (N-methyl/N-ethyl adjacent to an activating group) is 1. The van der Waals surface area contributed by atoms with Crippen molar-refractivity contribution in [1.29, 1.82) is 5.26 Å². The van der Waals surface area contributed by atoms with Gasteiger partial charge in [0.05, 0.1) is 5.92 Å². The first-order valence-corrected chi connectivity index (χ1v) is 12.5. The topological polar surface area (TPSA) is 82.9 Å². The summed E-state index contributed by atoms with van der Waals surface area (Å²) in [6.07, 6.45) is 3.04. The van der Waals surface area contributed by atoms with Crippen LogP contribution < -0.4 is 4.74 Å². The van der Waals surface area contributed by atoms with Crippen LogP contribution in [-0.4, -0.2) is 47.2 Å². The Bertz CT molecular complexity index is 1100. The summed E-state index contributed by atoms with van der Waals surface area (Å²) in [5.74, 6) is -0.123. The van der Waals surface area contributed by atoms with Gasteiger partial charge in [0.15, 0.2) is 12.4 Å². The largest absolute Gasteiger partial charge is 0.470 e. The van der Waals surface area contributed by atoms with E-state index >= 15 is 0 Å². The van der Waals surface area contributed by atoms with Gasteiger partial charge in [0.25, 0.3) is 0 Å². The van der Waals surface area contributed by atoms with Crippen molar-refractivity contribution in [3.8, 4) is 23.1 Å². The second-order valence-electron chi connectivity index (χ2n) is 10.7. The molecule has 1 aliphatic rings. The first kappa shape index (κ1) is 27.1. The Morgan fingerprint density at radius 1 is 1.14 bits per heavy atom. The Balaban J connectivity index is 2.09. The molecule has 2 aromatic rings. The second kappa shape index (κ2) is 11.5. The van der Waals surface area contributed by atoms with Crippen LogP contribution in [0.25, 0.3) is 11.1 Å². The average molecular weight is 492 g/mol. The summed E-state index contributed by atoms with van der Waals surface area (Å²) < 4.78 is 12.1. The highest BCUT2D eigenvalue weighted by Crippen LogP contribution is 2.41. The summed E-state index contributed by atoms with van der Waals surface area (Å²) in [6.45, 7) is 10.2. The minimum Gasteiger partial charge on any atom is -0.470 e. The molecule has 3 rings (SSSR count). The van der Waals surface area contributed by atoms with Gasteiger partial charge in [-0.2, -0.15) is 5.26 Å². The van der Waals surface area contributed by atoms with E-state index in [2.05, 4.69) is 13.8 Å². The van der Waals surface area contributed by atoms with Gasteiger partial charge in [-0.1, -0.05) is 56.3 Å². The van der Waals surface area contributed by atoms with Gasteiger partial charge in [-0.15, -0.1) is 0 Å². The number of rotatable bonds is 7. The second-order valence-corrected chi connectivity index (χ2v) is 10.7. The molecule has 0 bridgehead atoms. The molecule has 0 aromatic heterocycles. The van der Waals surface area contributed by atoms with Crippen molar-refractivity contribution in [3.63, 3.8) is 0 Å². The van der Waals surface area contributed by atoms with E-state index in [-0.39, 0.29) is 11.8 Å². The Hall–Kier alpha value is -3.53. The number of likely N-dealkylation sites (tertiary alicyclic amines) is 1. The number of amides is 2. The van der Waals surface area contributed by atoms with Crippen LogP contribution in [0.1, 0.15) is 65.4 Å². The van der Waals surface area contributed by atoms with Gasteiger partial charge < -0.3 is 9.47 Å². The summed E-state index contributed by atoms with van der Waals surface area (Å²) >= 11 is 0. The quantitative estimate of drug-likeness (QED) is 0.342. The van der Waals surface area contributed by atoms with Crippen LogP contribution >= 0.6 is 0 Å². The molecule has 2 aromatic carbocycles. The van der Waals surface area contributed by atoms with E-state index in [1.165, 1.54) is 7.05 Å². The molecule has 7 heteroatoms. The fourth-order valence-corrected chi connectivity index (χ4v) is 4.51. The first-order chi connectivity index (χ1) is 17.0. The fraction of sp³-hybridized carbons (Fsp3) is 0.483. The van der Waals surface area contributed by atoms with E-state index in [1.807, 2.05) is 75.5 Å². The molecule has 2 amide bonds. The monoisotopic (exact) mass is 491 g/mol. The Morgan fingerprint density at radius 3 is 2.44 bits per heavy atom. The lowest BCUT2D eigenvalue weighted by atomic mass is 9.84. The van der Waals surface area contributed by atoms with Crippen LogP contribution in [0.4, 0.5) is 4.79 Å². The highest BCUT2D eigenvalue weighted by molar-refractivity contribution is 5.89. The molecule has 0 saturated carbocycles.